The average molecular weight is 983 g/mol. The molecular weight excluding hydrogens is 925 g/mol. The molecule has 9 rings (SSSR count). The number of carbonyl (C=O) groups is 5. The Hall–Kier alpha value is -8.26. The summed E-state index contributed by atoms with van der Waals surface area (Å²) < 4.78 is 22.9. The number of nitrogens with one attached hydrogen (secondary N) is 2. The van der Waals surface area contributed by atoms with Gasteiger partial charge in [-0.1, -0.05) is 146 Å². The first-order chi connectivity index (χ1) is 35.3. The summed E-state index contributed by atoms with van der Waals surface area (Å²) in [5.74, 6) is -2.50. The Morgan fingerprint density at radius 1 is 0.562 bits per heavy atom. The second kappa shape index (κ2) is 22.0. The summed E-state index contributed by atoms with van der Waals surface area (Å²) in [6.45, 7) is 5.36. The van der Waals surface area contributed by atoms with Crippen LogP contribution in [0.3, 0.4) is 0 Å². The third kappa shape index (κ3) is 11.4. The number of alkyl carbamates (subject to hydrolysis) is 1. The zero-order chi connectivity index (χ0) is 51.1. The fourth-order valence-electron chi connectivity index (χ4n) is 9.99. The molecule has 0 bridgehead atoms. The Morgan fingerprint density at radius 2 is 0.959 bits per heavy atom. The predicted octanol–water partition coefficient (Wildman–Crippen LogP) is 10.4. The van der Waals surface area contributed by atoms with Gasteiger partial charge in [-0.25, -0.2) is 14.4 Å². The van der Waals surface area contributed by atoms with Crippen molar-refractivity contribution in [1.82, 2.24) is 15.5 Å². The van der Waals surface area contributed by atoms with Gasteiger partial charge in [-0.3, -0.25) is 19.7 Å². The van der Waals surface area contributed by atoms with E-state index in [0.717, 1.165) is 66.8 Å². The zero-order valence-corrected chi connectivity index (χ0v) is 41.3. The Kier molecular flexibility index (Phi) is 15.0. The molecule has 0 fully saturated rings. The van der Waals surface area contributed by atoms with Crippen LogP contribution in [0.1, 0.15) is 97.6 Å². The van der Waals surface area contributed by atoms with Crippen molar-refractivity contribution < 1.29 is 47.8 Å². The van der Waals surface area contributed by atoms with Crippen molar-refractivity contribution in [2.75, 3.05) is 33.4 Å². The molecule has 0 aliphatic heterocycles. The molecule has 2 N–H and O–H groups in total. The van der Waals surface area contributed by atoms with Crippen molar-refractivity contribution in [1.29, 1.82) is 0 Å². The number of esters is 2. The lowest BCUT2D eigenvalue weighted by Gasteiger charge is -2.22. The molecule has 3 aliphatic rings. The number of hydrogen-bond acceptors (Lipinski definition) is 11. The SMILES string of the molecule is CN(CCCC(=O)OCC1c2ccccc2-c2ccccc21)/C(=N/OC(=O)OC(C)(C)C)NC(=O)CC[C@H](NC(=O)OCC1c2ccccc2-c2ccccc21)C(=O)OCC1c2ccccc2-c2ccccc21. The largest absolute Gasteiger partial charge is 0.535 e. The second-order valence-corrected chi connectivity index (χ2v) is 19.4. The molecule has 6 aromatic carbocycles. The summed E-state index contributed by atoms with van der Waals surface area (Å²) in [6, 6.07) is 46.7. The molecule has 1 atom stereocenters. The van der Waals surface area contributed by atoms with Gasteiger partial charge in [0, 0.05) is 44.2 Å². The van der Waals surface area contributed by atoms with Crippen molar-refractivity contribution >= 4 is 36.1 Å². The van der Waals surface area contributed by atoms with Crippen LogP contribution in [0, 0.1) is 0 Å². The van der Waals surface area contributed by atoms with Crippen molar-refractivity contribution in [3.63, 3.8) is 0 Å². The topological polar surface area (TPSA) is 171 Å². The summed E-state index contributed by atoms with van der Waals surface area (Å²) in [5, 5.41) is 9.29. The molecule has 3 aliphatic carbocycles. The molecule has 0 radical (unpaired) electrons. The van der Waals surface area contributed by atoms with E-state index in [0.29, 0.717) is 6.42 Å². The molecule has 2 amide bonds. The number of hydrogen-bond donors (Lipinski definition) is 2. The molecule has 0 aromatic heterocycles. The van der Waals surface area contributed by atoms with E-state index in [2.05, 4.69) is 40.1 Å². The number of amides is 2. The van der Waals surface area contributed by atoms with E-state index in [9.17, 15) is 24.0 Å². The fourth-order valence-corrected chi connectivity index (χ4v) is 9.99. The lowest BCUT2D eigenvalue weighted by molar-refractivity contribution is -0.146. The van der Waals surface area contributed by atoms with Crippen molar-refractivity contribution in [2.45, 2.75) is 75.9 Å². The lowest BCUT2D eigenvalue weighted by atomic mass is 9.98. The van der Waals surface area contributed by atoms with Gasteiger partial charge in [0.2, 0.25) is 11.9 Å². The molecule has 0 saturated heterocycles. The van der Waals surface area contributed by atoms with E-state index in [1.54, 1.807) is 27.8 Å². The van der Waals surface area contributed by atoms with Crippen molar-refractivity contribution in [2.24, 2.45) is 5.16 Å². The summed E-state index contributed by atoms with van der Waals surface area (Å²) in [6.07, 6.45) is -2.12. The first-order valence-corrected chi connectivity index (χ1v) is 24.6. The van der Waals surface area contributed by atoms with E-state index in [1.165, 1.54) is 4.90 Å². The zero-order valence-electron chi connectivity index (χ0n) is 41.3. The number of oxime groups is 1. The average Bonchev–Trinajstić information content (AvgIpc) is 4.01. The molecule has 374 valence electrons. The van der Waals surface area contributed by atoms with E-state index < -0.39 is 41.7 Å². The summed E-state index contributed by atoms with van der Waals surface area (Å²) >= 11 is 0. The highest BCUT2D eigenvalue weighted by molar-refractivity contribution is 5.97. The quantitative estimate of drug-likeness (QED) is 0.0236. The Bertz CT molecular complexity index is 2930. The van der Waals surface area contributed by atoms with Crippen LogP contribution in [0.15, 0.2) is 151 Å². The van der Waals surface area contributed by atoms with Gasteiger partial charge >= 0.3 is 24.2 Å². The van der Waals surface area contributed by atoms with E-state index in [4.69, 9.17) is 23.8 Å². The molecule has 0 saturated carbocycles. The summed E-state index contributed by atoms with van der Waals surface area (Å²) in [7, 11) is 1.60. The van der Waals surface area contributed by atoms with Crippen LogP contribution in [0.25, 0.3) is 33.4 Å². The smallest absolute Gasteiger partial charge is 0.465 e. The molecule has 73 heavy (non-hydrogen) atoms. The Labute approximate surface area is 424 Å². The van der Waals surface area contributed by atoms with E-state index in [-0.39, 0.29) is 69.3 Å². The van der Waals surface area contributed by atoms with Crippen molar-refractivity contribution in [3.05, 3.63) is 179 Å². The number of fused-ring (bicyclic) bond motifs is 9. The first-order valence-electron chi connectivity index (χ1n) is 24.6. The van der Waals surface area contributed by atoms with Gasteiger partial charge in [-0.2, -0.15) is 0 Å². The highest BCUT2D eigenvalue weighted by Crippen LogP contribution is 2.47. The Morgan fingerprint density at radius 3 is 1.38 bits per heavy atom. The van der Waals surface area contributed by atoms with Crippen LogP contribution in [-0.4, -0.2) is 86.0 Å². The molecular formula is C59H58N4O10. The van der Waals surface area contributed by atoms with Crippen LogP contribution in [0.2, 0.25) is 0 Å². The fraction of sp³-hybridized carbons (Fsp3) is 0.288. The van der Waals surface area contributed by atoms with Gasteiger partial charge in [0.25, 0.3) is 0 Å². The maximum absolute atomic E-state index is 14.1. The number of benzene rings is 6. The Balaban J connectivity index is 0.848. The number of nitrogens with zero attached hydrogens (tertiary/aromatic N) is 2. The van der Waals surface area contributed by atoms with Crippen LogP contribution in [-0.2, 0) is 38.2 Å². The van der Waals surface area contributed by atoms with Crippen LogP contribution < -0.4 is 10.6 Å². The number of ether oxygens (including phenoxy) is 4. The number of rotatable bonds is 16. The van der Waals surface area contributed by atoms with Gasteiger partial charge < -0.3 is 29.2 Å². The molecule has 14 heteroatoms. The predicted molar refractivity (Wildman–Crippen MR) is 275 cm³/mol. The lowest BCUT2D eigenvalue weighted by Crippen LogP contribution is -2.45. The summed E-state index contributed by atoms with van der Waals surface area (Å²) in [5.41, 5.74) is 11.9. The minimum atomic E-state index is -1.30. The minimum absolute atomic E-state index is 0.00284. The standard InChI is InChI=1S/C59H58N4O10/c1-59(2,3)72-58(68)73-62-56(63(4)33-17-30-54(65)69-34-49-43-24-11-5-18-37(43)38-19-6-12-25-44(38)49)61-53(64)32-31-52(55(66)70-35-50-45-26-13-7-20-39(45)40-21-8-14-27-46(40)50)60-57(67)71-36-51-47-28-15-9-22-41(47)42-23-10-16-29-48(42)51/h5-16,18-29,49-52H,17,30-36H2,1-4H3,(H,60,67)(H,61,62,64)/t52-/m0/s1. The van der Waals surface area contributed by atoms with Crippen LogP contribution in [0.5, 0.6) is 0 Å². The third-order valence-corrected chi connectivity index (χ3v) is 13.4. The van der Waals surface area contributed by atoms with Gasteiger partial charge in [0.1, 0.15) is 31.5 Å². The first kappa shape index (κ1) is 49.7. The van der Waals surface area contributed by atoms with Crippen molar-refractivity contribution in [3.8, 4) is 33.4 Å². The van der Waals surface area contributed by atoms with E-state index in [1.807, 2.05) is 121 Å². The van der Waals surface area contributed by atoms with Gasteiger partial charge in [0.05, 0.1) is 0 Å². The van der Waals surface area contributed by atoms with Gasteiger partial charge in [-0.15, -0.1) is 0 Å². The summed E-state index contributed by atoms with van der Waals surface area (Å²) in [4.78, 5) is 73.9. The van der Waals surface area contributed by atoms with Gasteiger partial charge in [-0.05, 0) is 106 Å². The normalized spacial score (nSPS) is 13.8. The monoisotopic (exact) mass is 982 g/mol. The number of guanidine groups is 1. The molecule has 0 unspecified atom stereocenters. The van der Waals surface area contributed by atoms with Crippen LogP contribution >= 0.6 is 0 Å². The number of carbonyl (C=O) groups excluding carboxylic acids is 5. The molecule has 14 nitrogen and oxygen atoms in total. The van der Waals surface area contributed by atoms with Crippen LogP contribution in [0.4, 0.5) is 9.59 Å². The third-order valence-electron chi connectivity index (χ3n) is 13.4. The van der Waals surface area contributed by atoms with E-state index >= 15 is 0 Å². The highest BCUT2D eigenvalue weighted by atomic mass is 16.8. The van der Waals surface area contributed by atoms with Gasteiger partial charge in [0.15, 0.2) is 0 Å². The molecule has 0 spiro atoms. The minimum Gasteiger partial charge on any atom is -0.465 e. The maximum atomic E-state index is 14.1. The second-order valence-electron chi connectivity index (χ2n) is 19.4. The molecule has 0 heterocycles. The molecule has 6 aromatic rings. The maximum Gasteiger partial charge on any atom is 0.535 e. The highest BCUT2D eigenvalue weighted by Gasteiger charge is 2.34.